The average molecular weight is 426 g/mol. The van der Waals surface area contributed by atoms with Crippen molar-refractivity contribution in [2.24, 2.45) is 0 Å². The third-order valence-electron chi connectivity index (χ3n) is 5.40. The van der Waals surface area contributed by atoms with Crippen molar-refractivity contribution in [3.8, 4) is 5.75 Å². The van der Waals surface area contributed by atoms with Gasteiger partial charge in [0, 0.05) is 34.5 Å². The van der Waals surface area contributed by atoms with E-state index in [1.54, 1.807) is 7.11 Å². The highest BCUT2D eigenvalue weighted by molar-refractivity contribution is 9.10. The summed E-state index contributed by atoms with van der Waals surface area (Å²) in [5.41, 5.74) is 3.67. The van der Waals surface area contributed by atoms with E-state index in [2.05, 4.69) is 21.2 Å². The number of Topliss-reactive ketones (excluding diaryl/α,β-unsaturated/α-hetero) is 1. The van der Waals surface area contributed by atoms with Crippen LogP contribution in [0.1, 0.15) is 42.2 Å². The summed E-state index contributed by atoms with van der Waals surface area (Å²) in [4.78, 5) is 25.4. The number of ketones is 1. The summed E-state index contributed by atoms with van der Waals surface area (Å²) in [5.74, 6) is 0.814. The minimum absolute atomic E-state index is 0.0233. The second-order valence-electron chi connectivity index (χ2n) is 7.05. The summed E-state index contributed by atoms with van der Waals surface area (Å²) < 4.78 is 6.19. The van der Waals surface area contributed by atoms with Crippen LogP contribution in [0, 0.1) is 0 Å². The van der Waals surface area contributed by atoms with Gasteiger partial charge in [0.05, 0.1) is 7.11 Å². The Balaban J connectivity index is 1.67. The van der Waals surface area contributed by atoms with Gasteiger partial charge >= 0.3 is 0 Å². The Hall–Kier alpha value is -2.40. The van der Waals surface area contributed by atoms with E-state index in [9.17, 15) is 9.59 Å². The normalized spacial score (nSPS) is 22.3. The molecule has 1 aliphatic heterocycles. The van der Waals surface area contributed by atoms with Crippen LogP contribution in [0.4, 0.5) is 0 Å². The maximum Gasteiger partial charge on any atom is 0.225 e. The molecule has 0 saturated heterocycles. The van der Waals surface area contributed by atoms with Crippen molar-refractivity contribution in [1.29, 1.82) is 0 Å². The molecule has 4 rings (SSSR count). The molecule has 0 radical (unpaired) electrons. The molecule has 4 nitrogen and oxygen atoms in total. The fraction of sp³-hybridized carbons (Fsp3) is 0.273. The minimum atomic E-state index is -0.161. The van der Waals surface area contributed by atoms with Gasteiger partial charge in [-0.15, -0.1) is 0 Å². The highest BCUT2D eigenvalue weighted by Crippen LogP contribution is 2.42. The molecular formula is C22H20BrNO3. The number of benzene rings is 2. The van der Waals surface area contributed by atoms with Crippen LogP contribution in [0.3, 0.4) is 0 Å². The van der Waals surface area contributed by atoms with Crippen LogP contribution in [0.5, 0.6) is 5.75 Å². The zero-order valence-electron chi connectivity index (χ0n) is 15.0. The zero-order chi connectivity index (χ0) is 19.0. The van der Waals surface area contributed by atoms with Crippen LogP contribution in [0.15, 0.2) is 64.3 Å². The van der Waals surface area contributed by atoms with Crippen LogP contribution in [0.2, 0.25) is 0 Å². The van der Waals surface area contributed by atoms with Gasteiger partial charge < -0.3 is 10.1 Å². The predicted octanol–water partition coefficient (Wildman–Crippen LogP) is 4.46. The van der Waals surface area contributed by atoms with E-state index in [0.717, 1.165) is 32.6 Å². The number of nitrogens with one attached hydrogen (secondary N) is 1. The fourth-order valence-corrected chi connectivity index (χ4v) is 4.32. The number of hydrogen-bond donors (Lipinski definition) is 1. The summed E-state index contributed by atoms with van der Waals surface area (Å²) in [5, 5.41) is 2.97. The second-order valence-corrected chi connectivity index (χ2v) is 7.97. The van der Waals surface area contributed by atoms with Crippen molar-refractivity contribution in [2.75, 3.05) is 7.11 Å². The highest BCUT2D eigenvalue weighted by atomic mass is 79.9. The van der Waals surface area contributed by atoms with E-state index >= 15 is 0 Å². The lowest BCUT2D eigenvalue weighted by Gasteiger charge is -2.34. The van der Waals surface area contributed by atoms with Crippen molar-refractivity contribution >= 4 is 27.6 Å². The third-order valence-corrected chi connectivity index (χ3v) is 5.92. The molecular weight excluding hydrogens is 406 g/mol. The summed E-state index contributed by atoms with van der Waals surface area (Å²) in [6, 6.07) is 15.7. The van der Waals surface area contributed by atoms with Gasteiger partial charge in [-0.3, -0.25) is 9.59 Å². The number of carbonyl (C=O) groups is 2. The van der Waals surface area contributed by atoms with E-state index in [-0.39, 0.29) is 23.5 Å². The molecule has 0 aromatic heterocycles. The summed E-state index contributed by atoms with van der Waals surface area (Å²) in [7, 11) is 1.63. The minimum Gasteiger partial charge on any atom is -0.497 e. The van der Waals surface area contributed by atoms with Crippen LogP contribution in [-0.4, -0.2) is 18.8 Å². The maximum atomic E-state index is 13.0. The largest absolute Gasteiger partial charge is 0.497 e. The van der Waals surface area contributed by atoms with E-state index in [0.29, 0.717) is 19.3 Å². The number of allylic oxidation sites excluding steroid dienone is 2. The van der Waals surface area contributed by atoms with Crippen molar-refractivity contribution in [3.63, 3.8) is 0 Å². The van der Waals surface area contributed by atoms with E-state index in [4.69, 9.17) is 4.74 Å². The lowest BCUT2D eigenvalue weighted by molar-refractivity contribution is -0.122. The zero-order valence-corrected chi connectivity index (χ0v) is 16.6. The molecule has 2 atom stereocenters. The smallest absolute Gasteiger partial charge is 0.225 e. The Morgan fingerprint density at radius 3 is 2.26 bits per heavy atom. The van der Waals surface area contributed by atoms with Gasteiger partial charge in [0.1, 0.15) is 5.75 Å². The number of ether oxygens (including phenoxy) is 1. The summed E-state index contributed by atoms with van der Waals surface area (Å²) in [6.07, 6.45) is 1.46. The average Bonchev–Trinajstić information content (AvgIpc) is 2.67. The molecule has 0 fully saturated rings. The number of amides is 1. The van der Waals surface area contributed by atoms with Gasteiger partial charge in [0.15, 0.2) is 5.78 Å². The van der Waals surface area contributed by atoms with Gasteiger partial charge in [-0.25, -0.2) is 0 Å². The van der Waals surface area contributed by atoms with Crippen LogP contribution in [-0.2, 0) is 9.59 Å². The van der Waals surface area contributed by atoms with E-state index in [1.165, 1.54) is 0 Å². The Bertz CT molecular complexity index is 916. The number of hydrogen-bond acceptors (Lipinski definition) is 3. The first-order valence-electron chi connectivity index (χ1n) is 9.00. The third kappa shape index (κ3) is 3.56. The molecule has 2 aromatic carbocycles. The van der Waals surface area contributed by atoms with E-state index in [1.807, 2.05) is 48.5 Å². The quantitative estimate of drug-likeness (QED) is 0.789. The molecule has 1 aliphatic carbocycles. The molecule has 1 N–H and O–H groups in total. The summed E-state index contributed by atoms with van der Waals surface area (Å²) in [6.45, 7) is 0. The van der Waals surface area contributed by atoms with Gasteiger partial charge in [-0.1, -0.05) is 40.2 Å². The van der Waals surface area contributed by atoms with Gasteiger partial charge in [-0.2, -0.15) is 0 Å². The van der Waals surface area contributed by atoms with Crippen molar-refractivity contribution in [1.82, 2.24) is 5.32 Å². The first kappa shape index (κ1) is 18.0. The number of methoxy groups -OCH3 is 1. The van der Waals surface area contributed by atoms with Crippen LogP contribution in [0.25, 0.3) is 0 Å². The second kappa shape index (κ2) is 7.31. The van der Waals surface area contributed by atoms with Crippen LogP contribution < -0.4 is 10.1 Å². The monoisotopic (exact) mass is 425 g/mol. The van der Waals surface area contributed by atoms with Crippen molar-refractivity contribution in [2.45, 2.75) is 31.1 Å². The number of rotatable bonds is 3. The highest BCUT2D eigenvalue weighted by Gasteiger charge is 2.38. The molecule has 0 spiro atoms. The van der Waals surface area contributed by atoms with Crippen molar-refractivity contribution in [3.05, 3.63) is 75.4 Å². The predicted molar refractivity (Wildman–Crippen MR) is 107 cm³/mol. The SMILES string of the molecule is COc1ccc([C@H]2CC(=O)C3=C(C2)NC(=O)C[C@@H]3c2ccc(Br)cc2)cc1. The first-order valence-corrected chi connectivity index (χ1v) is 9.80. The molecule has 1 amide bonds. The maximum absolute atomic E-state index is 13.0. The molecule has 0 bridgehead atoms. The van der Waals surface area contributed by atoms with Gasteiger partial charge in [0.2, 0.25) is 5.91 Å². The summed E-state index contributed by atoms with van der Waals surface area (Å²) >= 11 is 3.44. The van der Waals surface area contributed by atoms with Crippen molar-refractivity contribution < 1.29 is 14.3 Å². The Kier molecular flexibility index (Phi) is 4.87. The Morgan fingerprint density at radius 2 is 1.59 bits per heavy atom. The molecule has 0 saturated carbocycles. The van der Waals surface area contributed by atoms with Gasteiger partial charge in [-0.05, 0) is 47.7 Å². The molecule has 1 heterocycles. The molecule has 2 aliphatic rings. The topological polar surface area (TPSA) is 55.4 Å². The Labute approximate surface area is 166 Å². The van der Waals surface area contributed by atoms with Crippen LogP contribution >= 0.6 is 15.9 Å². The lowest BCUT2D eigenvalue weighted by atomic mass is 9.73. The van der Waals surface area contributed by atoms with E-state index < -0.39 is 0 Å². The standard InChI is InChI=1S/C22H20BrNO3/c1-27-17-8-4-13(5-9-17)15-10-19-22(20(25)11-15)18(12-21(26)24-19)14-2-6-16(23)7-3-14/h2-9,15,18H,10-12H2,1H3,(H,24,26)/t15-,18-/m1/s1. The molecule has 5 heteroatoms. The number of halogens is 1. The molecule has 27 heavy (non-hydrogen) atoms. The van der Waals surface area contributed by atoms with Gasteiger partial charge in [0.25, 0.3) is 0 Å². The molecule has 2 aromatic rings. The molecule has 138 valence electrons. The Morgan fingerprint density at radius 1 is 0.926 bits per heavy atom. The molecule has 0 unspecified atom stereocenters. The first-order chi connectivity index (χ1) is 13.0. The fourth-order valence-electron chi connectivity index (χ4n) is 4.05. The number of carbonyl (C=O) groups excluding carboxylic acids is 2. The lowest BCUT2D eigenvalue weighted by Crippen LogP contribution is -2.38.